The minimum Gasteiger partial charge on any atom is -0.481 e. The van der Waals surface area contributed by atoms with Gasteiger partial charge in [-0.1, -0.05) is 60.0 Å². The molecule has 0 spiro atoms. The van der Waals surface area contributed by atoms with Gasteiger partial charge < -0.3 is 10.0 Å². The Labute approximate surface area is 231 Å². The summed E-state index contributed by atoms with van der Waals surface area (Å²) in [4.78, 5) is 31.6. The second kappa shape index (κ2) is 10.8. The van der Waals surface area contributed by atoms with E-state index in [-0.39, 0.29) is 12.3 Å². The van der Waals surface area contributed by atoms with Crippen molar-refractivity contribution in [2.24, 2.45) is 0 Å². The van der Waals surface area contributed by atoms with Crippen LogP contribution in [0, 0.1) is 0 Å². The summed E-state index contributed by atoms with van der Waals surface area (Å²) in [5.41, 5.74) is 6.79. The zero-order valence-electron chi connectivity index (χ0n) is 21.6. The molecule has 0 saturated heterocycles. The lowest BCUT2D eigenvalue weighted by atomic mass is 9.85. The summed E-state index contributed by atoms with van der Waals surface area (Å²) in [6.07, 6.45) is 7.55. The minimum atomic E-state index is -0.912. The second-order valence-electron chi connectivity index (χ2n) is 10.5. The molecule has 0 saturated carbocycles. The van der Waals surface area contributed by atoms with Crippen molar-refractivity contribution < 1.29 is 14.7 Å². The first kappa shape index (κ1) is 25.5. The van der Waals surface area contributed by atoms with E-state index in [0.29, 0.717) is 34.9 Å². The highest BCUT2D eigenvalue weighted by Gasteiger charge is 2.27. The van der Waals surface area contributed by atoms with Gasteiger partial charge in [0.1, 0.15) is 11.2 Å². The fourth-order valence-electron chi connectivity index (χ4n) is 5.81. The molecule has 8 nitrogen and oxygen atoms in total. The van der Waals surface area contributed by atoms with Crippen LogP contribution in [0.2, 0.25) is 5.02 Å². The van der Waals surface area contributed by atoms with Crippen molar-refractivity contribution in [1.29, 1.82) is 0 Å². The van der Waals surface area contributed by atoms with E-state index in [1.54, 1.807) is 0 Å². The van der Waals surface area contributed by atoms with Crippen LogP contribution < -0.4 is 0 Å². The lowest BCUT2D eigenvalue weighted by Crippen LogP contribution is -2.36. The number of rotatable bonds is 2. The Kier molecular flexibility index (Phi) is 7.04. The second-order valence-corrected chi connectivity index (χ2v) is 10.9. The summed E-state index contributed by atoms with van der Waals surface area (Å²) in [6, 6.07) is 13.8. The number of carboxylic acid groups (broad SMARTS) is 1. The summed E-state index contributed by atoms with van der Waals surface area (Å²) in [5.74, 6) is -1.46. The Morgan fingerprint density at radius 3 is 2.69 bits per heavy atom. The van der Waals surface area contributed by atoms with Gasteiger partial charge in [0.05, 0.1) is 17.0 Å². The highest BCUT2D eigenvalue weighted by molar-refractivity contribution is 6.35. The van der Waals surface area contributed by atoms with Crippen molar-refractivity contribution in [1.82, 2.24) is 24.9 Å². The van der Waals surface area contributed by atoms with Crippen LogP contribution >= 0.6 is 11.6 Å². The van der Waals surface area contributed by atoms with Crippen LogP contribution in [0.25, 0.3) is 11.0 Å². The molecule has 0 radical (unpaired) electrons. The lowest BCUT2D eigenvalue weighted by Gasteiger charge is -2.30. The molecule has 200 valence electrons. The van der Waals surface area contributed by atoms with E-state index in [1.807, 2.05) is 52.2 Å². The van der Waals surface area contributed by atoms with Crippen molar-refractivity contribution in [2.75, 3.05) is 6.54 Å². The SMILES string of the molecule is O=C(O)CC1c2ccc3c(c2)CN(CC3)C(=O)c2ccc(cn2)CCCCCCn2nnc3c(Cl)c1ccc32. The molecule has 9 bridgehead atoms. The van der Waals surface area contributed by atoms with Crippen molar-refractivity contribution in [2.45, 2.75) is 64.0 Å². The molecule has 5 aliphatic rings. The number of halogens is 1. The molecule has 2 aromatic heterocycles. The van der Waals surface area contributed by atoms with Gasteiger partial charge in [0.25, 0.3) is 5.91 Å². The topological polar surface area (TPSA) is 101 Å². The molecule has 5 aliphatic heterocycles. The first-order valence-electron chi connectivity index (χ1n) is 13.6. The predicted molar refractivity (Wildman–Crippen MR) is 148 cm³/mol. The Hall–Kier alpha value is -3.78. The van der Waals surface area contributed by atoms with E-state index in [1.165, 1.54) is 5.56 Å². The third-order valence-corrected chi connectivity index (χ3v) is 8.37. The minimum absolute atomic E-state index is 0.0848. The highest BCUT2D eigenvalue weighted by atomic mass is 35.5. The van der Waals surface area contributed by atoms with Crippen LogP contribution in [-0.2, 0) is 30.7 Å². The molecule has 4 aromatic rings. The van der Waals surface area contributed by atoms with Crippen molar-refractivity contribution >= 4 is 34.5 Å². The summed E-state index contributed by atoms with van der Waals surface area (Å²) in [5, 5.41) is 19.0. The Bertz CT molecular complexity index is 1550. The summed E-state index contributed by atoms with van der Waals surface area (Å²) in [6.45, 7) is 1.81. The Morgan fingerprint density at radius 1 is 1.00 bits per heavy atom. The molecular weight excluding hydrogens is 514 g/mol. The zero-order valence-corrected chi connectivity index (χ0v) is 22.4. The van der Waals surface area contributed by atoms with Crippen molar-refractivity contribution in [3.63, 3.8) is 0 Å². The van der Waals surface area contributed by atoms with Crippen LogP contribution in [0.5, 0.6) is 0 Å². The van der Waals surface area contributed by atoms with Crippen LogP contribution in [0.4, 0.5) is 0 Å². The van der Waals surface area contributed by atoms with Gasteiger partial charge in [-0.15, -0.1) is 5.10 Å². The lowest BCUT2D eigenvalue weighted by molar-refractivity contribution is -0.137. The van der Waals surface area contributed by atoms with Gasteiger partial charge in [-0.3, -0.25) is 14.6 Å². The average molecular weight is 544 g/mol. The van der Waals surface area contributed by atoms with E-state index in [4.69, 9.17) is 11.6 Å². The summed E-state index contributed by atoms with van der Waals surface area (Å²) in [7, 11) is 0. The number of hydrogen-bond acceptors (Lipinski definition) is 5. The van der Waals surface area contributed by atoms with Crippen molar-refractivity contribution in [3.8, 4) is 0 Å². The van der Waals surface area contributed by atoms with Gasteiger partial charge in [0, 0.05) is 31.7 Å². The number of carboxylic acids is 1. The number of aromatic nitrogens is 4. The number of benzene rings is 2. The first-order valence-corrected chi connectivity index (χ1v) is 13.9. The normalized spacial score (nSPS) is 18.0. The third kappa shape index (κ3) is 5.13. The highest BCUT2D eigenvalue weighted by Crippen LogP contribution is 2.38. The van der Waals surface area contributed by atoms with Gasteiger partial charge in [-0.25, -0.2) is 4.68 Å². The van der Waals surface area contributed by atoms with E-state index in [0.717, 1.165) is 67.3 Å². The molecule has 9 heteroatoms. The molecule has 1 unspecified atom stereocenters. The number of aryl methyl sites for hydroxylation is 2. The first-order chi connectivity index (χ1) is 19.0. The smallest absolute Gasteiger partial charge is 0.304 e. The summed E-state index contributed by atoms with van der Waals surface area (Å²) < 4.78 is 1.89. The number of pyridine rings is 1. The van der Waals surface area contributed by atoms with Crippen LogP contribution in [0.15, 0.2) is 48.7 Å². The fourth-order valence-corrected chi connectivity index (χ4v) is 6.14. The van der Waals surface area contributed by atoms with E-state index < -0.39 is 11.9 Å². The molecule has 9 rings (SSSR count). The zero-order chi connectivity index (χ0) is 26.9. The number of nitrogens with zero attached hydrogens (tertiary/aromatic N) is 5. The molecule has 1 atom stereocenters. The number of amides is 1. The molecule has 2 aromatic carbocycles. The quantitative estimate of drug-likeness (QED) is 0.363. The van der Waals surface area contributed by atoms with Gasteiger partial charge in [0.15, 0.2) is 0 Å². The maximum atomic E-state index is 13.3. The van der Waals surface area contributed by atoms with Crippen LogP contribution in [0.1, 0.15) is 76.3 Å². The largest absolute Gasteiger partial charge is 0.481 e. The maximum Gasteiger partial charge on any atom is 0.304 e. The van der Waals surface area contributed by atoms with E-state index >= 15 is 0 Å². The molecular formula is C30H30ClN5O3. The van der Waals surface area contributed by atoms with Crippen LogP contribution in [0.3, 0.4) is 0 Å². The number of carbonyl (C=O) groups is 2. The summed E-state index contributed by atoms with van der Waals surface area (Å²) >= 11 is 6.88. The Balaban J connectivity index is 1.41. The molecule has 1 amide bonds. The van der Waals surface area contributed by atoms with Crippen LogP contribution in [-0.4, -0.2) is 48.4 Å². The molecule has 39 heavy (non-hydrogen) atoms. The van der Waals surface area contributed by atoms with Gasteiger partial charge in [0.2, 0.25) is 0 Å². The predicted octanol–water partition coefficient (Wildman–Crippen LogP) is 5.40. The Morgan fingerprint density at radius 2 is 1.87 bits per heavy atom. The average Bonchev–Trinajstić information content (AvgIpc) is 3.36. The molecule has 0 fully saturated rings. The number of hydrogen-bond donors (Lipinski definition) is 1. The van der Waals surface area contributed by atoms with E-state index in [9.17, 15) is 14.7 Å². The maximum absolute atomic E-state index is 13.3. The monoisotopic (exact) mass is 543 g/mol. The number of carbonyl (C=O) groups excluding carboxylic acids is 1. The van der Waals surface area contributed by atoms with Gasteiger partial charge in [-0.05, 0) is 65.6 Å². The van der Waals surface area contributed by atoms with Gasteiger partial charge >= 0.3 is 5.97 Å². The number of aliphatic carboxylic acids is 1. The van der Waals surface area contributed by atoms with Crippen molar-refractivity contribution in [3.05, 3.63) is 87.2 Å². The van der Waals surface area contributed by atoms with E-state index in [2.05, 4.69) is 21.4 Å². The fraction of sp³-hybridized carbons (Fsp3) is 0.367. The third-order valence-electron chi connectivity index (χ3n) is 7.97. The molecule has 0 aliphatic carbocycles. The standard InChI is InChI=1S/C30H30ClN5O3/c31-28-23-9-11-26-29(28)33-34-36(26)13-4-2-1-3-5-19-6-10-25(32-17-19)30(39)35-14-12-20-7-8-21(15-22(20)18-35)24(23)16-27(37)38/h6-11,15,17,24H,1-5,12-14,16,18H2,(H,37,38). The molecule has 7 heterocycles. The molecule has 1 N–H and O–H groups in total. The van der Waals surface area contributed by atoms with Gasteiger partial charge in [-0.2, -0.15) is 0 Å².